The first-order chi connectivity index (χ1) is 8.41. The first-order valence-corrected chi connectivity index (χ1v) is 7.08. The molecular weight excluding hydrogens is 228 g/mol. The first-order valence-electron chi connectivity index (χ1n) is 7.08. The molecule has 0 aliphatic heterocycles. The van der Waals surface area contributed by atoms with Gasteiger partial charge >= 0.3 is 5.97 Å². The van der Waals surface area contributed by atoms with E-state index in [1.165, 1.54) is 26.2 Å². The Morgan fingerprint density at radius 2 is 1.78 bits per heavy atom. The van der Waals surface area contributed by atoms with Gasteiger partial charge in [-0.2, -0.15) is 0 Å². The third kappa shape index (κ3) is 3.33. The lowest BCUT2D eigenvalue weighted by Crippen LogP contribution is -2.43. The van der Waals surface area contributed by atoms with E-state index in [-0.39, 0.29) is 17.2 Å². The number of hydrogen-bond acceptors (Lipinski definition) is 3. The van der Waals surface area contributed by atoms with Gasteiger partial charge in [-0.15, -0.1) is 0 Å². The second-order valence-corrected chi connectivity index (χ2v) is 5.95. The van der Waals surface area contributed by atoms with Gasteiger partial charge in [-0.25, -0.2) is 0 Å². The number of rotatable bonds is 5. The molecule has 1 aliphatic carbocycles. The molecule has 0 saturated heterocycles. The van der Waals surface area contributed by atoms with Crippen molar-refractivity contribution >= 4 is 11.8 Å². The highest BCUT2D eigenvalue weighted by molar-refractivity contribution is 5.98. The van der Waals surface area contributed by atoms with E-state index in [1.54, 1.807) is 6.92 Å². The van der Waals surface area contributed by atoms with Crippen molar-refractivity contribution in [1.82, 2.24) is 0 Å². The lowest BCUT2D eigenvalue weighted by Gasteiger charge is -2.40. The minimum Gasteiger partial charge on any atom is -0.465 e. The Balaban J connectivity index is 2.87. The molecule has 0 spiro atoms. The molecule has 1 aliphatic rings. The summed E-state index contributed by atoms with van der Waals surface area (Å²) in [5.41, 5.74) is -0.293. The van der Waals surface area contributed by atoms with E-state index >= 15 is 0 Å². The monoisotopic (exact) mass is 254 g/mol. The quantitative estimate of drug-likeness (QED) is 0.558. The van der Waals surface area contributed by atoms with Gasteiger partial charge in [0.2, 0.25) is 0 Å². The number of esters is 1. The molecule has 1 saturated carbocycles. The zero-order valence-corrected chi connectivity index (χ0v) is 12.1. The molecule has 1 unspecified atom stereocenters. The molecule has 1 atom stereocenters. The van der Waals surface area contributed by atoms with E-state index < -0.39 is 5.92 Å². The minimum absolute atomic E-state index is 0.0657. The maximum absolute atomic E-state index is 12.0. The van der Waals surface area contributed by atoms with Crippen LogP contribution in [0.3, 0.4) is 0 Å². The smallest absolute Gasteiger partial charge is 0.317 e. The molecule has 18 heavy (non-hydrogen) atoms. The van der Waals surface area contributed by atoms with E-state index in [0.29, 0.717) is 12.5 Å². The van der Waals surface area contributed by atoms with E-state index in [2.05, 4.69) is 0 Å². The van der Waals surface area contributed by atoms with E-state index in [9.17, 15) is 9.59 Å². The maximum atomic E-state index is 12.0. The summed E-state index contributed by atoms with van der Waals surface area (Å²) in [6.07, 6.45) is 5.94. The molecule has 1 rings (SSSR count). The van der Waals surface area contributed by atoms with Crippen LogP contribution in [-0.4, -0.2) is 18.4 Å². The average Bonchev–Trinajstić information content (AvgIpc) is 2.29. The molecule has 1 fully saturated rings. The third-order valence-corrected chi connectivity index (χ3v) is 4.33. The van der Waals surface area contributed by atoms with Gasteiger partial charge in [0.25, 0.3) is 0 Å². The largest absolute Gasteiger partial charge is 0.465 e. The third-order valence-electron chi connectivity index (χ3n) is 4.33. The van der Waals surface area contributed by atoms with E-state index in [4.69, 9.17) is 4.74 Å². The Labute approximate surface area is 110 Å². The van der Waals surface area contributed by atoms with Crippen molar-refractivity contribution in [3.63, 3.8) is 0 Å². The average molecular weight is 254 g/mol. The fraction of sp³-hybridized carbons (Fsp3) is 0.867. The van der Waals surface area contributed by atoms with Gasteiger partial charge in [0, 0.05) is 0 Å². The molecule has 0 aromatic heterocycles. The molecule has 0 radical (unpaired) electrons. The van der Waals surface area contributed by atoms with Crippen LogP contribution in [0.1, 0.15) is 59.8 Å². The minimum atomic E-state index is -0.611. The predicted molar refractivity (Wildman–Crippen MR) is 71.2 cm³/mol. The molecule has 0 amide bonds. The van der Waals surface area contributed by atoms with Crippen molar-refractivity contribution in [3.05, 3.63) is 0 Å². The number of ether oxygens (including phenoxy) is 1. The SMILES string of the molecule is CCOC(=O)C(C(C)=O)C(C)(C)C1CCCCC1. The Bertz CT molecular complexity index is 301. The number of ketones is 1. The molecule has 3 nitrogen and oxygen atoms in total. The van der Waals surface area contributed by atoms with Crippen LogP contribution in [0.15, 0.2) is 0 Å². The van der Waals surface area contributed by atoms with E-state index in [1.807, 2.05) is 13.8 Å². The predicted octanol–water partition coefficient (Wildman–Crippen LogP) is 3.36. The Morgan fingerprint density at radius 3 is 2.22 bits per heavy atom. The summed E-state index contributed by atoms with van der Waals surface area (Å²) >= 11 is 0. The van der Waals surface area contributed by atoms with Crippen molar-refractivity contribution in [3.8, 4) is 0 Å². The van der Waals surface area contributed by atoms with Crippen LogP contribution in [0.2, 0.25) is 0 Å². The Hall–Kier alpha value is -0.860. The van der Waals surface area contributed by atoms with Gasteiger partial charge in [0.05, 0.1) is 6.61 Å². The summed E-state index contributed by atoms with van der Waals surface area (Å²) in [5.74, 6) is -0.574. The Kier molecular flexibility index (Phi) is 5.36. The zero-order valence-electron chi connectivity index (χ0n) is 12.1. The highest BCUT2D eigenvalue weighted by Gasteiger charge is 2.44. The van der Waals surface area contributed by atoms with Crippen LogP contribution in [0.4, 0.5) is 0 Å². The topological polar surface area (TPSA) is 43.4 Å². The lowest BCUT2D eigenvalue weighted by molar-refractivity contribution is -0.158. The molecule has 3 heteroatoms. The van der Waals surface area contributed by atoms with Gasteiger partial charge in [-0.3, -0.25) is 9.59 Å². The maximum Gasteiger partial charge on any atom is 0.317 e. The molecule has 0 aromatic carbocycles. The zero-order chi connectivity index (χ0) is 13.8. The first kappa shape index (κ1) is 15.2. The summed E-state index contributed by atoms with van der Waals surface area (Å²) in [6.45, 7) is 7.72. The molecular formula is C15H26O3. The molecule has 0 N–H and O–H groups in total. The van der Waals surface area contributed by atoms with Crippen molar-refractivity contribution in [2.24, 2.45) is 17.3 Å². The number of carbonyl (C=O) groups is 2. The summed E-state index contributed by atoms with van der Waals surface area (Å²) in [5, 5.41) is 0. The summed E-state index contributed by atoms with van der Waals surface area (Å²) in [4.78, 5) is 23.9. The number of Topliss-reactive ketones (excluding diaryl/α,β-unsaturated/α-hetero) is 1. The van der Waals surface area contributed by atoms with Crippen molar-refractivity contribution in [2.45, 2.75) is 59.8 Å². The van der Waals surface area contributed by atoms with Crippen LogP contribution < -0.4 is 0 Å². The molecule has 0 bridgehead atoms. The van der Waals surface area contributed by atoms with Crippen LogP contribution in [0.25, 0.3) is 0 Å². The van der Waals surface area contributed by atoms with Crippen molar-refractivity contribution in [2.75, 3.05) is 6.61 Å². The summed E-state index contributed by atoms with van der Waals surface area (Å²) in [7, 11) is 0. The molecule has 0 heterocycles. The second-order valence-electron chi connectivity index (χ2n) is 5.95. The summed E-state index contributed by atoms with van der Waals surface area (Å²) in [6, 6.07) is 0. The number of carbonyl (C=O) groups excluding carboxylic acids is 2. The lowest BCUT2D eigenvalue weighted by atomic mass is 9.63. The van der Waals surface area contributed by atoms with Gasteiger partial charge in [0.15, 0.2) is 0 Å². The van der Waals surface area contributed by atoms with Crippen LogP contribution >= 0.6 is 0 Å². The van der Waals surface area contributed by atoms with Crippen LogP contribution in [0, 0.1) is 17.3 Å². The van der Waals surface area contributed by atoms with Gasteiger partial charge in [0.1, 0.15) is 11.7 Å². The molecule has 0 aromatic rings. The summed E-state index contributed by atoms with van der Waals surface area (Å²) < 4.78 is 5.08. The van der Waals surface area contributed by atoms with E-state index in [0.717, 1.165) is 12.8 Å². The fourth-order valence-electron chi connectivity index (χ4n) is 3.30. The fourth-order valence-corrected chi connectivity index (χ4v) is 3.30. The number of hydrogen-bond donors (Lipinski definition) is 0. The van der Waals surface area contributed by atoms with Gasteiger partial charge in [-0.1, -0.05) is 33.1 Å². The standard InChI is InChI=1S/C15H26O3/c1-5-18-14(17)13(11(2)16)15(3,4)12-9-7-6-8-10-12/h12-13H,5-10H2,1-4H3. The van der Waals surface area contributed by atoms with Crippen LogP contribution in [0.5, 0.6) is 0 Å². The van der Waals surface area contributed by atoms with Gasteiger partial charge < -0.3 is 4.74 Å². The Morgan fingerprint density at radius 1 is 1.22 bits per heavy atom. The molecule has 104 valence electrons. The highest BCUT2D eigenvalue weighted by Crippen LogP contribution is 2.44. The van der Waals surface area contributed by atoms with Crippen LogP contribution in [-0.2, 0) is 14.3 Å². The van der Waals surface area contributed by atoms with Crippen molar-refractivity contribution in [1.29, 1.82) is 0 Å². The second kappa shape index (κ2) is 6.35. The normalized spacial score (nSPS) is 19.3. The highest BCUT2D eigenvalue weighted by atomic mass is 16.5. The van der Waals surface area contributed by atoms with Gasteiger partial charge in [-0.05, 0) is 38.0 Å². The van der Waals surface area contributed by atoms with Crippen molar-refractivity contribution < 1.29 is 14.3 Å².